The van der Waals surface area contributed by atoms with Crippen LogP contribution in [-0.2, 0) is 9.47 Å². The molecule has 7 nitrogen and oxygen atoms in total. The third-order valence-corrected chi connectivity index (χ3v) is 4.24. The molecule has 0 bridgehead atoms. The van der Waals surface area contributed by atoms with Crippen molar-refractivity contribution in [2.75, 3.05) is 26.3 Å². The highest BCUT2D eigenvalue weighted by molar-refractivity contribution is 4.81. The van der Waals surface area contributed by atoms with Crippen LogP contribution < -0.4 is 10.6 Å². The molecule has 7 heteroatoms. The summed E-state index contributed by atoms with van der Waals surface area (Å²) in [5.74, 6) is 0.384. The molecule has 6 atom stereocenters. The van der Waals surface area contributed by atoms with Gasteiger partial charge in [0.25, 0.3) is 0 Å². The van der Waals surface area contributed by atoms with Crippen LogP contribution in [0.25, 0.3) is 0 Å². The summed E-state index contributed by atoms with van der Waals surface area (Å²) in [7, 11) is 0. The van der Waals surface area contributed by atoms with E-state index < -0.39 is 12.2 Å². The molecule has 2 saturated heterocycles. The van der Waals surface area contributed by atoms with Gasteiger partial charge in [-0.1, -0.05) is 6.92 Å². The van der Waals surface area contributed by atoms with Gasteiger partial charge in [-0.25, -0.2) is 0 Å². The maximum Gasteiger partial charge on any atom is 0.111 e. The lowest BCUT2D eigenvalue weighted by Crippen LogP contribution is -2.34. The number of ether oxygens (including phenoxy) is 2. The van der Waals surface area contributed by atoms with Gasteiger partial charge in [0.1, 0.15) is 18.6 Å². The Labute approximate surface area is 125 Å². The average Bonchev–Trinajstić information content (AvgIpc) is 3.01. The third kappa shape index (κ3) is 4.85. The molecule has 124 valence electrons. The van der Waals surface area contributed by atoms with E-state index in [1.54, 1.807) is 0 Å². The number of nitrogens with one attached hydrogen (secondary N) is 2. The lowest BCUT2D eigenvalue weighted by Gasteiger charge is -2.16. The first-order valence-electron chi connectivity index (χ1n) is 7.81. The largest absolute Gasteiger partial charge is 0.394 e. The summed E-state index contributed by atoms with van der Waals surface area (Å²) in [5, 5.41) is 34.3. The highest BCUT2D eigenvalue weighted by Gasteiger charge is 2.33. The second kappa shape index (κ2) is 8.38. The molecule has 2 aliphatic heterocycles. The van der Waals surface area contributed by atoms with Gasteiger partial charge in [-0.2, -0.15) is 0 Å². The van der Waals surface area contributed by atoms with Crippen molar-refractivity contribution in [2.24, 2.45) is 5.92 Å². The molecule has 0 spiro atoms. The quantitative estimate of drug-likeness (QED) is 0.358. The van der Waals surface area contributed by atoms with E-state index in [0.29, 0.717) is 12.3 Å². The van der Waals surface area contributed by atoms with Crippen molar-refractivity contribution in [2.45, 2.75) is 57.0 Å². The molecule has 2 aliphatic rings. The summed E-state index contributed by atoms with van der Waals surface area (Å²) in [6, 6.07) is 0. The van der Waals surface area contributed by atoms with E-state index >= 15 is 0 Å². The van der Waals surface area contributed by atoms with Crippen LogP contribution in [0.4, 0.5) is 0 Å². The molecule has 5 N–H and O–H groups in total. The molecular formula is C14H28N2O5. The van der Waals surface area contributed by atoms with Gasteiger partial charge in [0.15, 0.2) is 0 Å². The molecule has 0 radical (unpaired) electrons. The highest BCUT2D eigenvalue weighted by Crippen LogP contribution is 2.24. The SMILES string of the molecule is CC1CC(NCCCNC2CC(O)C(CO)O2)OC1CO. The highest BCUT2D eigenvalue weighted by atomic mass is 16.5. The summed E-state index contributed by atoms with van der Waals surface area (Å²) in [5.41, 5.74) is 0. The first-order valence-corrected chi connectivity index (χ1v) is 7.81. The van der Waals surface area contributed by atoms with Crippen molar-refractivity contribution in [1.29, 1.82) is 0 Å². The lowest BCUT2D eigenvalue weighted by atomic mass is 10.0. The molecule has 0 aliphatic carbocycles. The van der Waals surface area contributed by atoms with Crippen molar-refractivity contribution in [1.82, 2.24) is 10.6 Å². The Morgan fingerprint density at radius 3 is 2.05 bits per heavy atom. The third-order valence-electron chi connectivity index (χ3n) is 4.24. The smallest absolute Gasteiger partial charge is 0.111 e. The van der Waals surface area contributed by atoms with Gasteiger partial charge in [-0.3, -0.25) is 10.6 Å². The zero-order chi connectivity index (χ0) is 15.2. The summed E-state index contributed by atoms with van der Waals surface area (Å²) in [6.07, 6.45) is 1.09. The Morgan fingerprint density at radius 1 is 0.952 bits per heavy atom. The molecule has 0 aromatic carbocycles. The second-order valence-electron chi connectivity index (χ2n) is 5.97. The number of rotatable bonds is 8. The first kappa shape index (κ1) is 17.1. The van der Waals surface area contributed by atoms with Gasteiger partial charge in [0.05, 0.1) is 25.4 Å². The van der Waals surface area contributed by atoms with Crippen LogP contribution in [0.15, 0.2) is 0 Å². The van der Waals surface area contributed by atoms with Gasteiger partial charge in [-0.05, 0) is 31.8 Å². The number of aliphatic hydroxyl groups excluding tert-OH is 3. The lowest BCUT2D eigenvalue weighted by molar-refractivity contribution is -0.0309. The van der Waals surface area contributed by atoms with E-state index in [1.807, 2.05) is 0 Å². The number of hydrogen-bond donors (Lipinski definition) is 5. The monoisotopic (exact) mass is 304 g/mol. The fraction of sp³-hybridized carbons (Fsp3) is 1.00. The van der Waals surface area contributed by atoms with E-state index in [0.717, 1.165) is 25.9 Å². The van der Waals surface area contributed by atoms with Crippen LogP contribution in [0.3, 0.4) is 0 Å². The zero-order valence-electron chi connectivity index (χ0n) is 12.6. The van der Waals surface area contributed by atoms with E-state index in [2.05, 4.69) is 17.6 Å². The van der Waals surface area contributed by atoms with Gasteiger partial charge in [-0.15, -0.1) is 0 Å². The van der Waals surface area contributed by atoms with E-state index in [-0.39, 0.29) is 31.8 Å². The Kier molecular flexibility index (Phi) is 6.81. The summed E-state index contributed by atoms with van der Waals surface area (Å²) >= 11 is 0. The number of hydrogen-bond acceptors (Lipinski definition) is 7. The van der Waals surface area contributed by atoms with E-state index in [4.69, 9.17) is 19.7 Å². The summed E-state index contributed by atoms with van der Waals surface area (Å²) in [4.78, 5) is 0. The maximum atomic E-state index is 9.60. The normalized spacial score (nSPS) is 40.0. The van der Waals surface area contributed by atoms with Crippen LogP contribution in [0.5, 0.6) is 0 Å². The summed E-state index contributed by atoms with van der Waals surface area (Å²) < 4.78 is 11.1. The molecule has 0 amide bonds. The standard InChI is InChI=1S/C14H28N2O5/c1-9-5-13(20-11(9)7-17)15-3-2-4-16-14-6-10(19)12(8-18)21-14/h9-19H,2-8H2,1H3. The fourth-order valence-electron chi connectivity index (χ4n) is 2.88. The predicted octanol–water partition coefficient (Wildman–Crippen LogP) is -1.23. The molecule has 2 heterocycles. The molecule has 21 heavy (non-hydrogen) atoms. The van der Waals surface area contributed by atoms with Crippen LogP contribution in [0.1, 0.15) is 26.2 Å². The van der Waals surface area contributed by atoms with Gasteiger partial charge in [0, 0.05) is 6.42 Å². The first-order chi connectivity index (χ1) is 10.1. The molecule has 6 unspecified atom stereocenters. The average molecular weight is 304 g/mol. The van der Waals surface area contributed by atoms with Crippen molar-refractivity contribution >= 4 is 0 Å². The minimum absolute atomic E-state index is 0.0282. The fourth-order valence-corrected chi connectivity index (χ4v) is 2.88. The minimum Gasteiger partial charge on any atom is -0.394 e. The van der Waals surface area contributed by atoms with E-state index in [1.165, 1.54) is 0 Å². The topological polar surface area (TPSA) is 103 Å². The minimum atomic E-state index is -0.589. The van der Waals surface area contributed by atoms with Crippen LogP contribution >= 0.6 is 0 Å². The van der Waals surface area contributed by atoms with Gasteiger partial charge in [0.2, 0.25) is 0 Å². The van der Waals surface area contributed by atoms with E-state index in [9.17, 15) is 5.11 Å². The molecule has 2 fully saturated rings. The van der Waals surface area contributed by atoms with Crippen molar-refractivity contribution < 1.29 is 24.8 Å². The Bertz CT molecular complexity index is 279. The van der Waals surface area contributed by atoms with Gasteiger partial charge >= 0.3 is 0 Å². The molecule has 0 saturated carbocycles. The maximum absolute atomic E-state index is 9.60. The molecule has 0 aromatic heterocycles. The van der Waals surface area contributed by atoms with Gasteiger partial charge < -0.3 is 24.8 Å². The number of aliphatic hydroxyl groups is 3. The van der Waals surface area contributed by atoms with Crippen molar-refractivity contribution in [3.05, 3.63) is 0 Å². The van der Waals surface area contributed by atoms with Crippen LogP contribution in [0.2, 0.25) is 0 Å². The molecular weight excluding hydrogens is 276 g/mol. The predicted molar refractivity (Wildman–Crippen MR) is 76.5 cm³/mol. The Balaban J connectivity index is 1.51. The Morgan fingerprint density at radius 2 is 1.52 bits per heavy atom. The molecule has 2 rings (SSSR count). The second-order valence-corrected chi connectivity index (χ2v) is 5.97. The zero-order valence-corrected chi connectivity index (χ0v) is 12.6. The molecule has 0 aromatic rings. The summed E-state index contributed by atoms with van der Waals surface area (Å²) in [6.45, 7) is 3.61. The van der Waals surface area contributed by atoms with Crippen LogP contribution in [0, 0.1) is 5.92 Å². The Hall–Kier alpha value is -0.280. The van der Waals surface area contributed by atoms with Crippen molar-refractivity contribution in [3.8, 4) is 0 Å². The van der Waals surface area contributed by atoms with Crippen LogP contribution in [-0.4, -0.2) is 72.4 Å². The van der Waals surface area contributed by atoms with Crippen molar-refractivity contribution in [3.63, 3.8) is 0 Å².